The molecule has 1 atom stereocenters. The lowest BCUT2D eigenvalue weighted by atomic mass is 10.1. The van der Waals surface area contributed by atoms with Crippen LogP contribution in [0.2, 0.25) is 0 Å². The highest BCUT2D eigenvalue weighted by Crippen LogP contribution is 2.31. The second-order valence-electron chi connectivity index (χ2n) is 7.41. The predicted molar refractivity (Wildman–Crippen MR) is 111 cm³/mol. The Labute approximate surface area is 170 Å². The van der Waals surface area contributed by atoms with Gasteiger partial charge in [0.1, 0.15) is 17.9 Å². The molecule has 29 heavy (non-hydrogen) atoms. The van der Waals surface area contributed by atoms with Gasteiger partial charge in [0.2, 0.25) is 5.71 Å². The van der Waals surface area contributed by atoms with E-state index in [9.17, 15) is 4.79 Å². The maximum absolute atomic E-state index is 13.1. The molecule has 1 unspecified atom stereocenters. The standard InChI is InChI=1S/C22H26N4O3/c1-15(8-9-17-6-4-3-5-7-17)25-21(27)18-16(2)29-22-19(18)20(23-14-24-22)26-10-12-28-13-11-26/h3-7,14-15H,8-13H2,1-2H3,(H,25,27). The number of hydrogen-bond acceptors (Lipinski definition) is 6. The Kier molecular flexibility index (Phi) is 5.76. The third kappa shape index (κ3) is 4.24. The second-order valence-corrected chi connectivity index (χ2v) is 7.41. The van der Waals surface area contributed by atoms with Crippen LogP contribution < -0.4 is 10.2 Å². The molecule has 152 valence electrons. The molecule has 2 aromatic heterocycles. The summed E-state index contributed by atoms with van der Waals surface area (Å²) >= 11 is 0. The van der Waals surface area contributed by atoms with Gasteiger partial charge in [-0.1, -0.05) is 30.3 Å². The fourth-order valence-electron chi connectivity index (χ4n) is 3.71. The molecule has 0 radical (unpaired) electrons. The number of rotatable bonds is 6. The molecule has 0 bridgehead atoms. The first-order valence-electron chi connectivity index (χ1n) is 10.0. The molecule has 1 amide bonds. The van der Waals surface area contributed by atoms with Crippen molar-refractivity contribution in [1.82, 2.24) is 15.3 Å². The molecular formula is C22H26N4O3. The number of nitrogens with one attached hydrogen (secondary N) is 1. The fraction of sp³-hybridized carbons (Fsp3) is 0.409. The predicted octanol–water partition coefficient (Wildman–Crippen LogP) is 3.12. The maximum atomic E-state index is 13.1. The molecule has 1 aliphatic heterocycles. The van der Waals surface area contributed by atoms with Crippen LogP contribution in [0.4, 0.5) is 5.82 Å². The zero-order valence-electron chi connectivity index (χ0n) is 16.9. The summed E-state index contributed by atoms with van der Waals surface area (Å²) < 4.78 is 11.2. The molecule has 0 spiro atoms. The Balaban J connectivity index is 1.54. The Morgan fingerprint density at radius 2 is 1.97 bits per heavy atom. The minimum atomic E-state index is -0.147. The van der Waals surface area contributed by atoms with Gasteiger partial charge in [-0.15, -0.1) is 0 Å². The van der Waals surface area contributed by atoms with E-state index in [1.807, 2.05) is 25.1 Å². The van der Waals surface area contributed by atoms with Crippen molar-refractivity contribution in [2.24, 2.45) is 0 Å². The van der Waals surface area contributed by atoms with Crippen LogP contribution in [0.3, 0.4) is 0 Å². The van der Waals surface area contributed by atoms with Crippen molar-refractivity contribution in [3.8, 4) is 0 Å². The molecule has 1 aliphatic rings. The van der Waals surface area contributed by atoms with Crippen molar-refractivity contribution >= 4 is 22.8 Å². The van der Waals surface area contributed by atoms with Gasteiger partial charge >= 0.3 is 0 Å². The van der Waals surface area contributed by atoms with Crippen molar-refractivity contribution in [2.75, 3.05) is 31.2 Å². The van der Waals surface area contributed by atoms with E-state index in [1.165, 1.54) is 11.9 Å². The Morgan fingerprint density at radius 3 is 2.72 bits per heavy atom. The number of aromatic nitrogens is 2. The van der Waals surface area contributed by atoms with Crippen LogP contribution in [0.15, 0.2) is 41.1 Å². The van der Waals surface area contributed by atoms with E-state index in [-0.39, 0.29) is 11.9 Å². The van der Waals surface area contributed by atoms with Gasteiger partial charge in [-0.05, 0) is 32.3 Å². The van der Waals surface area contributed by atoms with E-state index < -0.39 is 0 Å². The van der Waals surface area contributed by atoms with E-state index in [2.05, 4.69) is 32.3 Å². The van der Waals surface area contributed by atoms with E-state index in [0.717, 1.165) is 31.7 Å². The quantitative estimate of drug-likeness (QED) is 0.692. The normalized spacial score (nSPS) is 15.4. The first-order chi connectivity index (χ1) is 14.1. The molecular weight excluding hydrogens is 368 g/mol. The van der Waals surface area contributed by atoms with Gasteiger partial charge < -0.3 is 19.4 Å². The molecule has 0 aliphatic carbocycles. The lowest BCUT2D eigenvalue weighted by Crippen LogP contribution is -2.37. The average molecular weight is 394 g/mol. The molecule has 3 aromatic rings. The van der Waals surface area contributed by atoms with Crippen LogP contribution in [-0.2, 0) is 11.2 Å². The number of anilines is 1. The first-order valence-corrected chi connectivity index (χ1v) is 10.0. The smallest absolute Gasteiger partial charge is 0.255 e. The van der Waals surface area contributed by atoms with Crippen molar-refractivity contribution < 1.29 is 13.9 Å². The van der Waals surface area contributed by atoms with Gasteiger partial charge in [0.05, 0.1) is 24.2 Å². The summed E-state index contributed by atoms with van der Waals surface area (Å²) in [4.78, 5) is 24.0. The monoisotopic (exact) mass is 394 g/mol. The van der Waals surface area contributed by atoms with Crippen molar-refractivity contribution in [3.05, 3.63) is 53.5 Å². The average Bonchev–Trinajstić information content (AvgIpc) is 3.09. The Bertz CT molecular complexity index is 980. The molecule has 1 N–H and O–H groups in total. The number of furan rings is 1. The van der Waals surface area contributed by atoms with Crippen LogP contribution in [-0.4, -0.2) is 48.2 Å². The lowest BCUT2D eigenvalue weighted by molar-refractivity contribution is 0.0938. The summed E-state index contributed by atoms with van der Waals surface area (Å²) in [5.41, 5.74) is 2.23. The van der Waals surface area contributed by atoms with Gasteiger partial charge in [-0.25, -0.2) is 9.97 Å². The van der Waals surface area contributed by atoms with Gasteiger partial charge in [0, 0.05) is 19.1 Å². The lowest BCUT2D eigenvalue weighted by Gasteiger charge is -2.28. The summed E-state index contributed by atoms with van der Waals surface area (Å²) in [5, 5.41) is 3.80. The maximum Gasteiger partial charge on any atom is 0.255 e. The number of morpholine rings is 1. The van der Waals surface area contributed by atoms with Gasteiger partial charge in [0.15, 0.2) is 0 Å². The third-order valence-corrected chi connectivity index (χ3v) is 5.27. The van der Waals surface area contributed by atoms with Crippen molar-refractivity contribution in [1.29, 1.82) is 0 Å². The number of aryl methyl sites for hydroxylation is 2. The molecule has 0 saturated carbocycles. The molecule has 7 heteroatoms. The molecule has 1 saturated heterocycles. The van der Waals surface area contributed by atoms with Crippen LogP contribution >= 0.6 is 0 Å². The van der Waals surface area contributed by atoms with Crippen LogP contribution in [0.5, 0.6) is 0 Å². The van der Waals surface area contributed by atoms with Crippen LogP contribution in [0, 0.1) is 6.92 Å². The number of fused-ring (bicyclic) bond motifs is 1. The highest BCUT2D eigenvalue weighted by Gasteiger charge is 2.26. The summed E-state index contributed by atoms with van der Waals surface area (Å²) in [7, 11) is 0. The second kappa shape index (κ2) is 8.61. The molecule has 1 aromatic carbocycles. The fourth-order valence-corrected chi connectivity index (χ4v) is 3.71. The van der Waals surface area contributed by atoms with E-state index in [1.54, 1.807) is 6.92 Å². The molecule has 1 fully saturated rings. The number of benzene rings is 1. The minimum Gasteiger partial charge on any atom is -0.442 e. The zero-order valence-corrected chi connectivity index (χ0v) is 16.9. The zero-order chi connectivity index (χ0) is 20.2. The number of nitrogens with zero attached hydrogens (tertiary/aromatic N) is 3. The summed E-state index contributed by atoms with van der Waals surface area (Å²) in [5.74, 6) is 1.14. The Morgan fingerprint density at radius 1 is 1.21 bits per heavy atom. The van der Waals surface area contributed by atoms with E-state index in [4.69, 9.17) is 9.15 Å². The van der Waals surface area contributed by atoms with Gasteiger partial charge in [-0.2, -0.15) is 0 Å². The van der Waals surface area contributed by atoms with Crippen LogP contribution in [0.1, 0.15) is 35.0 Å². The highest BCUT2D eigenvalue weighted by atomic mass is 16.5. The van der Waals surface area contributed by atoms with Gasteiger partial charge in [-0.3, -0.25) is 4.79 Å². The number of ether oxygens (including phenoxy) is 1. The number of carbonyl (C=O) groups is 1. The number of carbonyl (C=O) groups excluding carboxylic acids is 1. The summed E-state index contributed by atoms with van der Waals surface area (Å²) in [6.45, 7) is 6.56. The van der Waals surface area contributed by atoms with Crippen LogP contribution in [0.25, 0.3) is 11.1 Å². The van der Waals surface area contributed by atoms with E-state index in [0.29, 0.717) is 35.6 Å². The molecule has 7 nitrogen and oxygen atoms in total. The summed E-state index contributed by atoms with van der Waals surface area (Å²) in [6.07, 6.45) is 3.26. The highest BCUT2D eigenvalue weighted by molar-refractivity contribution is 6.10. The SMILES string of the molecule is Cc1oc2ncnc(N3CCOCC3)c2c1C(=O)NC(C)CCc1ccccc1. The Hall–Kier alpha value is -2.93. The number of amides is 1. The first kappa shape index (κ1) is 19.4. The molecule has 3 heterocycles. The van der Waals surface area contributed by atoms with Gasteiger partial charge in [0.25, 0.3) is 5.91 Å². The van der Waals surface area contributed by atoms with E-state index >= 15 is 0 Å². The minimum absolute atomic E-state index is 0.0310. The van der Waals surface area contributed by atoms with Crippen molar-refractivity contribution in [2.45, 2.75) is 32.7 Å². The molecule has 4 rings (SSSR count). The third-order valence-electron chi connectivity index (χ3n) is 5.27. The van der Waals surface area contributed by atoms with Crippen molar-refractivity contribution in [3.63, 3.8) is 0 Å². The topological polar surface area (TPSA) is 80.5 Å². The number of hydrogen-bond donors (Lipinski definition) is 1. The largest absolute Gasteiger partial charge is 0.442 e. The summed E-state index contributed by atoms with van der Waals surface area (Å²) in [6, 6.07) is 10.3.